The number of aromatic nitrogens is 5. The van der Waals surface area contributed by atoms with E-state index in [4.69, 9.17) is 4.42 Å². The maximum absolute atomic E-state index is 13.0. The third-order valence-electron chi connectivity index (χ3n) is 5.40. The highest BCUT2D eigenvalue weighted by molar-refractivity contribution is 7.13. The van der Waals surface area contributed by atoms with E-state index in [1.54, 1.807) is 17.5 Å². The fourth-order valence-electron chi connectivity index (χ4n) is 3.67. The summed E-state index contributed by atoms with van der Waals surface area (Å²) in [6.45, 7) is 6.50. The molecule has 0 aliphatic carbocycles. The van der Waals surface area contributed by atoms with Crippen molar-refractivity contribution in [2.24, 2.45) is 0 Å². The Morgan fingerprint density at radius 2 is 2.00 bits per heavy atom. The first kappa shape index (κ1) is 20.4. The molecular weight excluding hydrogens is 426 g/mol. The largest absolute Gasteiger partial charge is 0.420 e. The lowest BCUT2D eigenvalue weighted by atomic mass is 10.2. The Morgan fingerprint density at radius 1 is 1.16 bits per heavy atom. The SMILES string of the molecule is CC(C)c1nnc(-c2cccnc2N2CCN(C(=O)c3cc(-c4cccs4)[nH]n3)CC2)o1. The van der Waals surface area contributed by atoms with Crippen molar-refractivity contribution in [3.8, 4) is 22.0 Å². The van der Waals surface area contributed by atoms with Crippen molar-refractivity contribution in [1.29, 1.82) is 0 Å². The molecule has 0 atom stereocenters. The van der Waals surface area contributed by atoms with Crippen molar-refractivity contribution in [2.75, 3.05) is 31.1 Å². The van der Waals surface area contributed by atoms with Gasteiger partial charge < -0.3 is 14.2 Å². The van der Waals surface area contributed by atoms with Gasteiger partial charge >= 0.3 is 0 Å². The average molecular weight is 450 g/mol. The van der Waals surface area contributed by atoms with Crippen LogP contribution in [-0.2, 0) is 0 Å². The molecule has 0 aromatic carbocycles. The summed E-state index contributed by atoms with van der Waals surface area (Å²) in [5.41, 5.74) is 2.10. The van der Waals surface area contributed by atoms with Crippen molar-refractivity contribution in [3.05, 3.63) is 53.5 Å². The number of thiophene rings is 1. The van der Waals surface area contributed by atoms with Crippen LogP contribution in [0.3, 0.4) is 0 Å². The summed E-state index contributed by atoms with van der Waals surface area (Å²) < 4.78 is 5.85. The Hall–Kier alpha value is -3.53. The summed E-state index contributed by atoms with van der Waals surface area (Å²) in [7, 11) is 0. The lowest BCUT2D eigenvalue weighted by molar-refractivity contribution is 0.0740. The van der Waals surface area contributed by atoms with Crippen LogP contribution in [0.15, 0.2) is 46.3 Å². The van der Waals surface area contributed by atoms with Crippen molar-refractivity contribution >= 4 is 23.1 Å². The summed E-state index contributed by atoms with van der Waals surface area (Å²) in [4.78, 5) is 22.6. The van der Waals surface area contributed by atoms with Crippen LogP contribution < -0.4 is 4.90 Å². The van der Waals surface area contributed by atoms with Gasteiger partial charge in [0.25, 0.3) is 11.8 Å². The molecule has 0 saturated carbocycles. The maximum Gasteiger partial charge on any atom is 0.274 e. The van der Waals surface area contributed by atoms with E-state index in [0.29, 0.717) is 43.7 Å². The summed E-state index contributed by atoms with van der Waals surface area (Å²) in [6.07, 6.45) is 1.76. The first-order valence-corrected chi connectivity index (χ1v) is 11.4. The van der Waals surface area contributed by atoms with Crippen LogP contribution in [0, 0.1) is 0 Å². The van der Waals surface area contributed by atoms with Gasteiger partial charge in [-0.15, -0.1) is 21.5 Å². The van der Waals surface area contributed by atoms with Gasteiger partial charge in [-0.25, -0.2) is 4.98 Å². The molecule has 164 valence electrons. The smallest absolute Gasteiger partial charge is 0.274 e. The Kier molecular flexibility index (Phi) is 5.44. The van der Waals surface area contributed by atoms with Crippen LogP contribution in [0.1, 0.15) is 36.1 Å². The average Bonchev–Trinajstić information content (AvgIpc) is 3.60. The number of rotatable bonds is 5. The zero-order valence-electron chi connectivity index (χ0n) is 17.9. The van der Waals surface area contributed by atoms with Crippen molar-refractivity contribution in [1.82, 2.24) is 30.3 Å². The monoisotopic (exact) mass is 449 g/mol. The van der Waals surface area contributed by atoms with E-state index < -0.39 is 0 Å². The lowest BCUT2D eigenvalue weighted by Gasteiger charge is -2.35. The molecule has 1 N–H and O–H groups in total. The lowest BCUT2D eigenvalue weighted by Crippen LogP contribution is -2.49. The van der Waals surface area contributed by atoms with Crippen molar-refractivity contribution in [2.45, 2.75) is 19.8 Å². The van der Waals surface area contributed by atoms with Gasteiger partial charge in [0.05, 0.1) is 16.1 Å². The standard InChI is InChI=1S/C22H23N7O2S/c1-14(2)20-26-27-21(31-20)15-5-3-7-23-19(15)28-8-10-29(11-9-28)22(30)17-13-16(24-25-17)18-6-4-12-32-18/h3-7,12-14H,8-11H2,1-2H3,(H,24,25). The molecule has 0 unspecified atom stereocenters. The molecular formula is C22H23N7O2S. The number of carbonyl (C=O) groups excluding carboxylic acids is 1. The topological polar surface area (TPSA) is 104 Å². The number of hydrogen-bond donors (Lipinski definition) is 1. The maximum atomic E-state index is 13.0. The third-order valence-corrected chi connectivity index (χ3v) is 6.30. The Bertz CT molecular complexity index is 1210. The minimum absolute atomic E-state index is 0.0663. The first-order valence-electron chi connectivity index (χ1n) is 10.5. The molecule has 1 amide bonds. The molecule has 0 bridgehead atoms. The fraction of sp³-hybridized carbons (Fsp3) is 0.318. The predicted octanol–water partition coefficient (Wildman–Crippen LogP) is 3.67. The molecule has 5 rings (SSSR count). The molecule has 0 radical (unpaired) electrons. The van der Waals surface area contributed by atoms with E-state index in [9.17, 15) is 4.79 Å². The summed E-state index contributed by atoms with van der Waals surface area (Å²) in [5.74, 6) is 1.95. The molecule has 10 heteroatoms. The molecule has 9 nitrogen and oxygen atoms in total. The van der Waals surface area contributed by atoms with E-state index in [2.05, 4.69) is 30.3 Å². The van der Waals surface area contributed by atoms with Gasteiger partial charge in [0.15, 0.2) is 5.69 Å². The Labute approximate surface area is 189 Å². The summed E-state index contributed by atoms with van der Waals surface area (Å²) in [5, 5.41) is 17.6. The van der Waals surface area contributed by atoms with Crippen LogP contribution in [-0.4, -0.2) is 62.4 Å². The Balaban J connectivity index is 1.28. The fourth-order valence-corrected chi connectivity index (χ4v) is 4.36. The number of carbonyl (C=O) groups is 1. The Morgan fingerprint density at radius 3 is 2.72 bits per heavy atom. The summed E-state index contributed by atoms with van der Waals surface area (Å²) >= 11 is 1.61. The number of nitrogens with one attached hydrogen (secondary N) is 1. The number of pyridine rings is 1. The van der Waals surface area contributed by atoms with Gasteiger partial charge in [0, 0.05) is 38.3 Å². The summed E-state index contributed by atoms with van der Waals surface area (Å²) in [6, 6.07) is 9.60. The zero-order valence-corrected chi connectivity index (χ0v) is 18.7. The number of nitrogens with zero attached hydrogens (tertiary/aromatic N) is 6. The van der Waals surface area contributed by atoms with Crippen LogP contribution in [0.5, 0.6) is 0 Å². The number of hydrogen-bond acceptors (Lipinski definition) is 8. The molecule has 1 aliphatic heterocycles. The normalized spacial score (nSPS) is 14.3. The predicted molar refractivity (Wildman–Crippen MR) is 122 cm³/mol. The van der Waals surface area contributed by atoms with Crippen molar-refractivity contribution in [3.63, 3.8) is 0 Å². The molecule has 5 heterocycles. The van der Waals surface area contributed by atoms with E-state index in [0.717, 1.165) is 22.0 Å². The van der Waals surface area contributed by atoms with Gasteiger partial charge in [0.1, 0.15) is 5.82 Å². The molecule has 1 aliphatic rings. The second-order valence-electron chi connectivity index (χ2n) is 7.90. The number of amides is 1. The zero-order chi connectivity index (χ0) is 22.1. The second-order valence-corrected chi connectivity index (χ2v) is 8.85. The van der Waals surface area contributed by atoms with Gasteiger partial charge in [-0.2, -0.15) is 5.10 Å². The number of aromatic amines is 1. The van der Waals surface area contributed by atoms with E-state index in [1.165, 1.54) is 0 Å². The third kappa shape index (κ3) is 3.89. The molecule has 1 fully saturated rings. The van der Waals surface area contributed by atoms with Gasteiger partial charge in [-0.1, -0.05) is 19.9 Å². The quantitative estimate of drug-likeness (QED) is 0.496. The number of H-pyrrole nitrogens is 1. The number of anilines is 1. The molecule has 4 aromatic heterocycles. The second kappa shape index (κ2) is 8.54. The van der Waals surface area contributed by atoms with Crippen molar-refractivity contribution < 1.29 is 9.21 Å². The first-order chi connectivity index (χ1) is 15.6. The molecule has 4 aromatic rings. The molecule has 1 saturated heterocycles. The van der Waals surface area contributed by atoms with E-state index >= 15 is 0 Å². The minimum Gasteiger partial charge on any atom is -0.420 e. The molecule has 32 heavy (non-hydrogen) atoms. The highest BCUT2D eigenvalue weighted by atomic mass is 32.1. The van der Waals surface area contributed by atoms with Gasteiger partial charge in [-0.3, -0.25) is 9.89 Å². The van der Waals surface area contributed by atoms with Crippen LogP contribution >= 0.6 is 11.3 Å². The van der Waals surface area contributed by atoms with E-state index in [1.807, 2.05) is 54.5 Å². The van der Waals surface area contributed by atoms with Gasteiger partial charge in [0.2, 0.25) is 5.89 Å². The number of piperazine rings is 1. The van der Waals surface area contributed by atoms with Crippen LogP contribution in [0.2, 0.25) is 0 Å². The molecule has 0 spiro atoms. The van der Waals surface area contributed by atoms with Crippen LogP contribution in [0.25, 0.3) is 22.0 Å². The van der Waals surface area contributed by atoms with E-state index in [-0.39, 0.29) is 11.8 Å². The highest BCUT2D eigenvalue weighted by Gasteiger charge is 2.27. The van der Waals surface area contributed by atoms with Crippen LogP contribution in [0.4, 0.5) is 5.82 Å². The minimum atomic E-state index is -0.0663. The van der Waals surface area contributed by atoms with Gasteiger partial charge in [-0.05, 0) is 29.6 Å². The highest BCUT2D eigenvalue weighted by Crippen LogP contribution is 2.30.